The number of benzene rings is 2. The van der Waals surface area contributed by atoms with E-state index in [0.29, 0.717) is 31.7 Å². The molecule has 0 radical (unpaired) electrons. The first-order chi connectivity index (χ1) is 16.5. The zero-order valence-corrected chi connectivity index (χ0v) is 19.9. The molecule has 2 heterocycles. The van der Waals surface area contributed by atoms with E-state index in [4.69, 9.17) is 4.74 Å². The number of ether oxygens (including phenoxy) is 1. The summed E-state index contributed by atoms with van der Waals surface area (Å²) >= 11 is 0. The number of carbonyl (C=O) groups excluding carboxylic acids is 2. The lowest BCUT2D eigenvalue weighted by atomic mass is 10.0. The molecule has 0 saturated carbocycles. The molecule has 34 heavy (non-hydrogen) atoms. The Hall–Kier alpha value is -3.67. The zero-order valence-electron chi connectivity index (χ0n) is 19.9. The Morgan fingerprint density at radius 3 is 2.68 bits per heavy atom. The van der Waals surface area contributed by atoms with Gasteiger partial charge in [0, 0.05) is 50.2 Å². The van der Waals surface area contributed by atoms with Gasteiger partial charge in [-0.25, -0.2) is 0 Å². The number of pyridine rings is 1. The van der Waals surface area contributed by atoms with Crippen molar-refractivity contribution in [1.29, 1.82) is 0 Å². The van der Waals surface area contributed by atoms with Crippen molar-refractivity contribution in [2.24, 2.45) is 0 Å². The lowest BCUT2D eigenvalue weighted by Gasteiger charge is -2.26. The van der Waals surface area contributed by atoms with Crippen molar-refractivity contribution in [1.82, 2.24) is 9.88 Å². The molecule has 0 saturated heterocycles. The Kier molecular flexibility index (Phi) is 7.58. The fourth-order valence-electron chi connectivity index (χ4n) is 4.17. The Morgan fingerprint density at radius 2 is 1.91 bits per heavy atom. The number of carbonyl (C=O) groups is 2. The number of aryl methyl sites for hydroxylation is 2. The molecule has 0 spiro atoms. The molecule has 176 valence electrons. The van der Waals surface area contributed by atoms with E-state index in [2.05, 4.69) is 4.98 Å². The number of anilines is 1. The van der Waals surface area contributed by atoms with Crippen molar-refractivity contribution in [3.05, 3.63) is 89.2 Å². The zero-order chi connectivity index (χ0) is 23.9. The summed E-state index contributed by atoms with van der Waals surface area (Å²) in [5.74, 6) is 0.976. The Balaban J connectivity index is 1.35. The highest BCUT2D eigenvalue weighted by molar-refractivity contribution is 5.96. The number of nitrogens with zero attached hydrogens (tertiary/aromatic N) is 3. The fraction of sp³-hybridized carbons (Fsp3) is 0.321. The maximum absolute atomic E-state index is 13.2. The highest BCUT2D eigenvalue weighted by atomic mass is 16.5. The van der Waals surface area contributed by atoms with Gasteiger partial charge in [-0.1, -0.05) is 23.8 Å². The summed E-state index contributed by atoms with van der Waals surface area (Å²) in [6, 6.07) is 17.5. The Bertz CT molecular complexity index is 1130. The second kappa shape index (κ2) is 11.0. The van der Waals surface area contributed by atoms with Gasteiger partial charge < -0.3 is 14.5 Å². The molecule has 6 heteroatoms. The van der Waals surface area contributed by atoms with Crippen molar-refractivity contribution < 1.29 is 14.3 Å². The minimum atomic E-state index is 0.0328. The molecule has 0 fully saturated rings. The molecule has 4 rings (SSSR count). The third kappa shape index (κ3) is 5.81. The second-order valence-corrected chi connectivity index (χ2v) is 8.71. The molecule has 0 atom stereocenters. The summed E-state index contributed by atoms with van der Waals surface area (Å²) in [4.78, 5) is 32.9. The van der Waals surface area contributed by atoms with E-state index < -0.39 is 0 Å². The van der Waals surface area contributed by atoms with Gasteiger partial charge >= 0.3 is 0 Å². The standard InChI is InChI=1S/C28H31N3O3/c1-21-6-8-23(9-7-21)28(33)31(17-14-22-5-3-15-29-20-22)16-4-18-34-25-11-12-26-24(19-25)10-13-27(32)30(26)2/h3,5-9,11-12,15,19-20H,4,10,13-14,16-18H2,1-2H3. The Labute approximate surface area is 201 Å². The molecule has 1 aliphatic rings. The van der Waals surface area contributed by atoms with Crippen LogP contribution in [0, 0.1) is 6.92 Å². The first-order valence-electron chi connectivity index (χ1n) is 11.8. The van der Waals surface area contributed by atoms with Crippen molar-refractivity contribution in [3.8, 4) is 5.75 Å². The van der Waals surface area contributed by atoms with Crippen LogP contribution in [0.2, 0.25) is 0 Å². The van der Waals surface area contributed by atoms with Crippen LogP contribution in [0.5, 0.6) is 5.75 Å². The lowest BCUT2D eigenvalue weighted by Crippen LogP contribution is -2.34. The smallest absolute Gasteiger partial charge is 0.253 e. The summed E-state index contributed by atoms with van der Waals surface area (Å²) in [5.41, 5.74) is 5.03. The van der Waals surface area contributed by atoms with Crippen LogP contribution in [0.25, 0.3) is 0 Å². The highest BCUT2D eigenvalue weighted by Crippen LogP contribution is 2.30. The predicted octanol–water partition coefficient (Wildman–Crippen LogP) is 4.45. The summed E-state index contributed by atoms with van der Waals surface area (Å²) in [6.07, 6.45) is 6.34. The van der Waals surface area contributed by atoms with Crippen LogP contribution in [-0.4, -0.2) is 48.4 Å². The van der Waals surface area contributed by atoms with Crippen molar-refractivity contribution in [2.75, 3.05) is 31.6 Å². The number of fused-ring (bicyclic) bond motifs is 1. The topological polar surface area (TPSA) is 62.7 Å². The van der Waals surface area contributed by atoms with E-state index >= 15 is 0 Å². The second-order valence-electron chi connectivity index (χ2n) is 8.71. The van der Waals surface area contributed by atoms with E-state index in [9.17, 15) is 9.59 Å². The number of hydrogen-bond donors (Lipinski definition) is 0. The number of rotatable bonds is 9. The van der Waals surface area contributed by atoms with Crippen LogP contribution in [0.3, 0.4) is 0 Å². The van der Waals surface area contributed by atoms with Gasteiger partial charge in [-0.15, -0.1) is 0 Å². The van der Waals surface area contributed by atoms with Gasteiger partial charge in [-0.2, -0.15) is 0 Å². The van der Waals surface area contributed by atoms with Crippen LogP contribution < -0.4 is 9.64 Å². The normalized spacial score (nSPS) is 12.9. The van der Waals surface area contributed by atoms with Gasteiger partial charge in [0.25, 0.3) is 5.91 Å². The average molecular weight is 458 g/mol. The molecule has 3 aromatic rings. The van der Waals surface area contributed by atoms with Crippen molar-refractivity contribution >= 4 is 17.5 Å². The van der Waals surface area contributed by atoms with Crippen molar-refractivity contribution in [3.63, 3.8) is 0 Å². The molecular weight excluding hydrogens is 426 g/mol. The van der Waals surface area contributed by atoms with Crippen molar-refractivity contribution in [2.45, 2.75) is 32.6 Å². The summed E-state index contributed by atoms with van der Waals surface area (Å²) in [7, 11) is 1.81. The van der Waals surface area contributed by atoms with Gasteiger partial charge in [-0.05, 0) is 73.7 Å². The number of amides is 2. The molecule has 6 nitrogen and oxygen atoms in total. The van der Waals surface area contributed by atoms with E-state index in [1.54, 1.807) is 11.1 Å². The molecule has 0 N–H and O–H groups in total. The molecule has 2 aromatic carbocycles. The van der Waals surface area contributed by atoms with Crippen LogP contribution >= 0.6 is 0 Å². The fourth-order valence-corrected chi connectivity index (χ4v) is 4.17. The molecule has 1 aliphatic heterocycles. The summed E-state index contributed by atoms with van der Waals surface area (Å²) in [5, 5.41) is 0. The summed E-state index contributed by atoms with van der Waals surface area (Å²) < 4.78 is 6.00. The third-order valence-electron chi connectivity index (χ3n) is 6.21. The monoisotopic (exact) mass is 457 g/mol. The first-order valence-corrected chi connectivity index (χ1v) is 11.8. The minimum absolute atomic E-state index is 0.0328. The van der Waals surface area contributed by atoms with E-state index in [0.717, 1.165) is 47.4 Å². The average Bonchev–Trinajstić information content (AvgIpc) is 2.86. The van der Waals surface area contributed by atoms with Gasteiger partial charge in [0.2, 0.25) is 5.91 Å². The third-order valence-corrected chi connectivity index (χ3v) is 6.21. The van der Waals surface area contributed by atoms with Gasteiger partial charge in [-0.3, -0.25) is 14.6 Å². The first kappa shape index (κ1) is 23.5. The molecule has 1 aromatic heterocycles. The van der Waals surface area contributed by atoms with E-state index in [1.165, 1.54) is 0 Å². The van der Waals surface area contributed by atoms with Gasteiger partial charge in [0.05, 0.1) is 6.61 Å². The van der Waals surface area contributed by atoms with Crippen LogP contribution in [0.15, 0.2) is 67.0 Å². The molecule has 0 unspecified atom stereocenters. The molecule has 0 aliphatic carbocycles. The maximum Gasteiger partial charge on any atom is 0.253 e. The molecular formula is C28H31N3O3. The SMILES string of the molecule is Cc1ccc(C(=O)N(CCCOc2ccc3c(c2)CCC(=O)N3C)CCc2cccnc2)cc1. The van der Waals surface area contributed by atoms with E-state index in [-0.39, 0.29) is 11.8 Å². The quantitative estimate of drug-likeness (QED) is 0.445. The maximum atomic E-state index is 13.2. The molecule has 2 amide bonds. The van der Waals surface area contributed by atoms with Gasteiger partial charge in [0.15, 0.2) is 0 Å². The highest BCUT2D eigenvalue weighted by Gasteiger charge is 2.21. The minimum Gasteiger partial charge on any atom is -0.494 e. The lowest BCUT2D eigenvalue weighted by molar-refractivity contribution is -0.118. The molecule has 0 bridgehead atoms. The number of hydrogen-bond acceptors (Lipinski definition) is 4. The van der Waals surface area contributed by atoms with Crippen LogP contribution in [-0.2, 0) is 17.6 Å². The van der Waals surface area contributed by atoms with Crippen LogP contribution in [0.4, 0.5) is 5.69 Å². The van der Waals surface area contributed by atoms with E-state index in [1.807, 2.05) is 79.7 Å². The van der Waals surface area contributed by atoms with Gasteiger partial charge in [0.1, 0.15) is 5.75 Å². The number of aromatic nitrogens is 1. The Morgan fingerprint density at radius 1 is 1.09 bits per heavy atom. The predicted molar refractivity (Wildman–Crippen MR) is 133 cm³/mol. The van der Waals surface area contributed by atoms with Crippen LogP contribution in [0.1, 0.15) is 39.9 Å². The summed E-state index contributed by atoms with van der Waals surface area (Å²) in [6.45, 7) is 3.76. The largest absolute Gasteiger partial charge is 0.494 e.